The van der Waals surface area contributed by atoms with Gasteiger partial charge in [0.05, 0.1) is 0 Å². The normalized spacial score (nSPS) is 11.3. The van der Waals surface area contributed by atoms with E-state index in [1.54, 1.807) is 0 Å². The Morgan fingerprint density at radius 1 is 0.267 bits per heavy atom. The summed E-state index contributed by atoms with van der Waals surface area (Å²) < 4.78 is 30.3. The minimum Gasteiger partial charge on any atom is -0.458 e. The van der Waals surface area contributed by atoms with E-state index < -0.39 is 0 Å². The largest absolute Gasteiger partial charge is 0.458 e. The molecule has 4 rings (SSSR count). The number of hydrogen-bond donors (Lipinski definition) is 0. The summed E-state index contributed by atoms with van der Waals surface area (Å²) in [5, 5.41) is 0. The van der Waals surface area contributed by atoms with Gasteiger partial charge in [-0.05, 0) is 239 Å². The van der Waals surface area contributed by atoms with Crippen molar-refractivity contribution in [3.63, 3.8) is 0 Å². The van der Waals surface area contributed by atoms with Crippen LogP contribution >= 0.6 is 239 Å². The lowest BCUT2D eigenvalue weighted by Gasteiger charge is -2.16. The summed E-state index contributed by atoms with van der Waals surface area (Å²) in [5.41, 5.74) is 2.41. The summed E-state index contributed by atoms with van der Waals surface area (Å²) in [7, 11) is 0. The second kappa shape index (κ2) is 17.9. The molecule has 0 aliphatic heterocycles. The molecule has 0 N–H and O–H groups in total. The van der Waals surface area contributed by atoms with Crippen molar-refractivity contribution < 1.29 is 14.2 Å². The van der Waals surface area contributed by atoms with Crippen LogP contribution in [0.5, 0.6) is 18.0 Å². The first-order valence-electron chi connectivity index (χ1n) is 11.2. The highest BCUT2D eigenvalue weighted by atomic mass is 79.9. The molecule has 0 fully saturated rings. The summed E-state index contributed by atoms with van der Waals surface area (Å²) in [4.78, 5) is 13.3. The van der Waals surface area contributed by atoms with E-state index in [-0.39, 0.29) is 37.9 Å². The fraction of sp³-hybridized carbons (Fsp3) is 0.125. The molecule has 1 heterocycles. The van der Waals surface area contributed by atoms with Crippen LogP contribution in [-0.2, 0) is 19.8 Å². The molecule has 0 saturated carbocycles. The van der Waals surface area contributed by atoms with Crippen LogP contribution in [0, 0.1) is 0 Å². The molecule has 4 aromatic rings. The quantitative estimate of drug-likeness (QED) is 0.123. The van der Waals surface area contributed by atoms with Crippen LogP contribution < -0.4 is 14.2 Å². The zero-order chi connectivity index (χ0) is 33.5. The minimum atomic E-state index is -0.00318. The van der Waals surface area contributed by atoms with Crippen molar-refractivity contribution in [2.24, 2.45) is 0 Å². The van der Waals surface area contributed by atoms with Crippen molar-refractivity contribution in [3.8, 4) is 18.0 Å². The average Bonchev–Trinajstić information content (AvgIpc) is 3.02. The number of nitrogens with zero attached hydrogens (tertiary/aromatic N) is 3. The first-order chi connectivity index (χ1) is 21.1. The Bertz CT molecular complexity index is 1530. The lowest BCUT2D eigenvalue weighted by atomic mass is 10.2. The monoisotopic (exact) mass is 1570 g/mol. The molecule has 21 heteroatoms. The van der Waals surface area contributed by atoms with Gasteiger partial charge in [0, 0.05) is 83.8 Å². The van der Waals surface area contributed by atoms with E-state index in [4.69, 9.17) is 14.2 Å². The summed E-state index contributed by atoms with van der Waals surface area (Å²) in [5.74, 6) is 0. The molecule has 0 saturated heterocycles. The Balaban J connectivity index is 1.69. The molecular weight excluding hydrogens is 1580 g/mol. The van der Waals surface area contributed by atoms with Gasteiger partial charge in [0.25, 0.3) is 0 Å². The van der Waals surface area contributed by atoms with Crippen molar-refractivity contribution in [1.29, 1.82) is 0 Å². The lowest BCUT2D eigenvalue weighted by molar-refractivity contribution is 0.221. The molecule has 1 aromatic heterocycles. The van der Waals surface area contributed by atoms with E-state index in [1.165, 1.54) is 0 Å². The molecule has 0 spiro atoms. The first-order valence-corrected chi connectivity index (χ1v) is 23.1. The van der Waals surface area contributed by atoms with Gasteiger partial charge in [-0.3, -0.25) is 0 Å². The van der Waals surface area contributed by atoms with Crippen molar-refractivity contribution in [2.75, 3.05) is 0 Å². The number of halogens is 15. The number of ether oxygens (including phenoxy) is 3. The Morgan fingerprint density at radius 3 is 0.600 bits per heavy atom. The Kier molecular flexibility index (Phi) is 16.3. The summed E-state index contributed by atoms with van der Waals surface area (Å²) >= 11 is 54.0. The second-order valence-corrected chi connectivity index (χ2v) is 20.1. The zero-order valence-electron chi connectivity index (χ0n) is 20.9. The SMILES string of the molecule is Brc1c(Br)c(Br)c(COc2nc(OCc3c(Br)c(Br)c(Br)c(Br)c3Br)nc(OCc3c(Br)c(Br)c(Br)c(Br)c3Br)n2)c(Br)c1Br. The molecule has 0 atom stereocenters. The predicted octanol–water partition coefficient (Wildman–Crippen LogP) is 16.0. The number of benzene rings is 3. The first kappa shape index (κ1) is 41.0. The standard InChI is InChI=1S/C24H6Br15N3O3/c25-7-4(8(26)14(32)19(37)13(7)31)1-43-22-40-23(44-2-5-9(27)15(33)20(38)16(34)10(5)28)42-24(41-22)45-3-6-11(29)17(35)21(39)18(36)12(6)30/h1-3H2. The second-order valence-electron chi connectivity index (χ2n) is 8.19. The molecule has 45 heavy (non-hydrogen) atoms. The van der Waals surface area contributed by atoms with E-state index in [9.17, 15) is 0 Å². The van der Waals surface area contributed by atoms with Crippen LogP contribution in [0.15, 0.2) is 67.1 Å². The summed E-state index contributed by atoms with van der Waals surface area (Å²) in [6, 6.07) is -0.00955. The van der Waals surface area contributed by atoms with Crippen molar-refractivity contribution in [1.82, 2.24) is 15.0 Å². The molecule has 0 radical (unpaired) electrons. The van der Waals surface area contributed by atoms with Crippen LogP contribution in [0.4, 0.5) is 0 Å². The third-order valence-electron chi connectivity index (χ3n) is 5.51. The third kappa shape index (κ3) is 9.26. The van der Waals surface area contributed by atoms with E-state index in [0.29, 0.717) is 0 Å². The molecule has 6 nitrogen and oxygen atoms in total. The maximum Gasteiger partial charge on any atom is 0.326 e. The van der Waals surface area contributed by atoms with Crippen molar-refractivity contribution in [3.05, 3.63) is 83.8 Å². The lowest BCUT2D eigenvalue weighted by Crippen LogP contribution is -2.09. The van der Waals surface area contributed by atoms with E-state index in [0.717, 1.165) is 83.8 Å². The van der Waals surface area contributed by atoms with Gasteiger partial charge < -0.3 is 14.2 Å². The fourth-order valence-electron chi connectivity index (χ4n) is 3.26. The highest BCUT2D eigenvalue weighted by molar-refractivity contribution is 9.17. The Morgan fingerprint density at radius 2 is 0.422 bits per heavy atom. The molecule has 240 valence electrons. The maximum atomic E-state index is 6.07. The van der Waals surface area contributed by atoms with Crippen LogP contribution in [0.3, 0.4) is 0 Å². The zero-order valence-corrected chi connectivity index (χ0v) is 44.6. The van der Waals surface area contributed by atoms with Gasteiger partial charge in [-0.25, -0.2) is 0 Å². The third-order valence-corrected chi connectivity index (χ3v) is 24.3. The highest BCUT2D eigenvalue weighted by Gasteiger charge is 2.23. The number of aromatic nitrogens is 3. The van der Waals surface area contributed by atoms with Gasteiger partial charge in [-0.15, -0.1) is 15.0 Å². The molecule has 0 aliphatic rings. The van der Waals surface area contributed by atoms with Crippen LogP contribution in [0.2, 0.25) is 0 Å². The van der Waals surface area contributed by atoms with Gasteiger partial charge in [0.2, 0.25) is 0 Å². The Hall–Kier alpha value is 3.27. The molecule has 0 aliphatic carbocycles. The predicted molar refractivity (Wildman–Crippen MR) is 228 cm³/mol. The number of rotatable bonds is 9. The van der Waals surface area contributed by atoms with Gasteiger partial charge in [0.15, 0.2) is 0 Å². The van der Waals surface area contributed by atoms with Crippen LogP contribution in [-0.4, -0.2) is 15.0 Å². The number of hydrogen-bond acceptors (Lipinski definition) is 6. The van der Waals surface area contributed by atoms with Gasteiger partial charge in [-0.1, -0.05) is 0 Å². The van der Waals surface area contributed by atoms with Crippen LogP contribution in [0.25, 0.3) is 0 Å². The summed E-state index contributed by atoms with van der Waals surface area (Å²) in [6.07, 6.45) is 0. The van der Waals surface area contributed by atoms with E-state index in [1.807, 2.05) is 0 Å². The minimum absolute atomic E-state index is 0.00318. The fourth-order valence-corrected chi connectivity index (χ4v) is 13.3. The smallest absolute Gasteiger partial charge is 0.326 e. The van der Waals surface area contributed by atoms with Crippen LogP contribution in [0.1, 0.15) is 16.7 Å². The highest BCUT2D eigenvalue weighted by Crippen LogP contribution is 2.47. The van der Waals surface area contributed by atoms with Gasteiger partial charge in [-0.2, -0.15) is 0 Å². The molecular formula is C24H6Br15N3O3. The summed E-state index contributed by atoms with van der Waals surface area (Å²) in [6.45, 7) is 0.297. The maximum absolute atomic E-state index is 6.07. The van der Waals surface area contributed by atoms with E-state index >= 15 is 0 Å². The topological polar surface area (TPSA) is 66.4 Å². The van der Waals surface area contributed by atoms with Gasteiger partial charge >= 0.3 is 18.0 Å². The molecule has 3 aromatic carbocycles. The molecule has 0 unspecified atom stereocenters. The van der Waals surface area contributed by atoms with E-state index in [2.05, 4.69) is 254 Å². The van der Waals surface area contributed by atoms with Gasteiger partial charge in [0.1, 0.15) is 19.8 Å². The molecule has 0 amide bonds. The van der Waals surface area contributed by atoms with Crippen molar-refractivity contribution >= 4 is 239 Å². The van der Waals surface area contributed by atoms with Crippen molar-refractivity contribution in [2.45, 2.75) is 19.8 Å². The average molecular weight is 1580 g/mol. The molecule has 0 bridgehead atoms. The Labute approximate surface area is 383 Å².